The van der Waals surface area contributed by atoms with Gasteiger partial charge in [0, 0.05) is 139 Å². The molecule has 3 aromatic heterocycles. The zero-order chi connectivity index (χ0) is 58.3. The highest BCUT2D eigenvalue weighted by molar-refractivity contribution is 8.03. The van der Waals surface area contributed by atoms with Crippen molar-refractivity contribution in [1.82, 2.24) is 35.0 Å². The Morgan fingerprint density at radius 2 is 1.78 bits per heavy atom. The first-order valence-corrected chi connectivity index (χ1v) is 33.4. The molecule has 3 aromatic carbocycles. The third kappa shape index (κ3) is 12.3. The number of piperidine rings is 1. The zero-order valence-corrected chi connectivity index (χ0v) is 51.8. The molecule has 6 aromatic rings. The molecule has 0 saturated carbocycles. The summed E-state index contributed by atoms with van der Waals surface area (Å²) in [4.78, 5) is 26.0. The number of aromatic nitrogens is 4. The second-order valence-corrected chi connectivity index (χ2v) is 28.0. The SMILES string of the molecule is CC1C=NN(C2=CCCC(CC3=CNC(N4CCC5OC(C(N)=CC=Nc6cccc(C(C)c7cnc(N8CCc9cc(-c%10ccn(-c%11ccc(Cc%12cnc(N%13CCC%14=C(C=C(C#N)CC%14C)C%13)s%12)cc%11)n%10)ccc9C8)s7)c6)CCC5C4)S3)=C2)C1. The Morgan fingerprint density at radius 1 is 0.907 bits per heavy atom. The van der Waals surface area contributed by atoms with Gasteiger partial charge in [-0.1, -0.05) is 86.2 Å². The van der Waals surface area contributed by atoms with Crippen LogP contribution in [0.15, 0.2) is 171 Å². The van der Waals surface area contributed by atoms with Crippen molar-refractivity contribution in [3.8, 4) is 23.0 Å². The van der Waals surface area contributed by atoms with E-state index in [9.17, 15) is 5.26 Å². The predicted octanol–water partition coefficient (Wildman–Crippen LogP) is 13.6. The summed E-state index contributed by atoms with van der Waals surface area (Å²) in [5.74, 6) is 1.64. The molecule has 8 aliphatic rings. The van der Waals surface area contributed by atoms with E-state index in [0.717, 1.165) is 154 Å². The van der Waals surface area contributed by atoms with E-state index in [0.29, 0.717) is 17.8 Å². The van der Waals surface area contributed by atoms with E-state index in [1.165, 1.54) is 59.3 Å². The van der Waals surface area contributed by atoms with Gasteiger partial charge in [0.15, 0.2) is 10.3 Å². The molecule has 3 N–H and O–H groups in total. The van der Waals surface area contributed by atoms with Crippen LogP contribution < -0.4 is 20.9 Å². The number of aliphatic imine (C=N–C) groups is 1. The van der Waals surface area contributed by atoms with Gasteiger partial charge in [0.2, 0.25) is 0 Å². The number of thioether (sulfide) groups is 1. The molecule has 0 radical (unpaired) electrons. The summed E-state index contributed by atoms with van der Waals surface area (Å²) in [6.07, 6.45) is 31.1. The smallest absolute Gasteiger partial charge is 0.185 e. The van der Waals surface area contributed by atoms with Crippen LogP contribution in [0.1, 0.15) is 110 Å². The maximum absolute atomic E-state index is 9.57. The number of nitriles is 1. The maximum atomic E-state index is 9.57. The quantitative estimate of drug-likeness (QED) is 0.0941. The van der Waals surface area contributed by atoms with Crippen molar-refractivity contribution < 1.29 is 4.74 Å². The topological polar surface area (TPSA) is 152 Å². The van der Waals surface area contributed by atoms with Crippen molar-refractivity contribution in [2.24, 2.45) is 33.6 Å². The second kappa shape index (κ2) is 24.8. The van der Waals surface area contributed by atoms with Gasteiger partial charge in [0.1, 0.15) is 5.50 Å². The number of anilines is 2. The first-order chi connectivity index (χ1) is 42.1. The molecule has 17 heteroatoms. The number of nitrogens with one attached hydrogen (secondary N) is 1. The van der Waals surface area contributed by atoms with Crippen molar-refractivity contribution in [3.63, 3.8) is 0 Å². The lowest BCUT2D eigenvalue weighted by Crippen LogP contribution is -2.53. The van der Waals surface area contributed by atoms with E-state index in [1.807, 2.05) is 34.9 Å². The molecule has 0 bridgehead atoms. The van der Waals surface area contributed by atoms with Crippen LogP contribution in [0.25, 0.3) is 16.9 Å². The van der Waals surface area contributed by atoms with Crippen LogP contribution >= 0.6 is 34.4 Å². The number of fused-ring (bicyclic) bond motifs is 2. The molecule has 0 spiro atoms. The maximum Gasteiger partial charge on any atom is 0.185 e. The Morgan fingerprint density at radius 3 is 2.66 bits per heavy atom. The van der Waals surface area contributed by atoms with Gasteiger partial charge in [-0.15, -0.1) is 22.7 Å². The molecule has 7 atom stereocenters. The van der Waals surface area contributed by atoms with Gasteiger partial charge in [0.25, 0.3) is 0 Å². The van der Waals surface area contributed by atoms with Crippen LogP contribution in [0.5, 0.6) is 0 Å². The van der Waals surface area contributed by atoms with Gasteiger partial charge in [-0.3, -0.25) is 14.9 Å². The van der Waals surface area contributed by atoms with Crippen LogP contribution in [0.2, 0.25) is 0 Å². The van der Waals surface area contributed by atoms with E-state index in [-0.39, 0.29) is 23.6 Å². The largest absolute Gasteiger partial charge is 0.400 e. The molecule has 14 rings (SSSR count). The summed E-state index contributed by atoms with van der Waals surface area (Å²) < 4.78 is 8.69. The Hall–Kier alpha value is -7.33. The number of thiazole rings is 2. The molecule has 14 nitrogen and oxygen atoms in total. The fraction of sp³-hybridized carbons (Fsp3) is 0.391. The van der Waals surface area contributed by atoms with Crippen molar-refractivity contribution >= 4 is 62.8 Å². The number of hydrogen-bond acceptors (Lipinski definition) is 16. The minimum atomic E-state index is -0.0839. The van der Waals surface area contributed by atoms with Gasteiger partial charge in [-0.2, -0.15) is 15.5 Å². The lowest BCUT2D eigenvalue weighted by molar-refractivity contribution is -0.100. The fourth-order valence-corrected chi connectivity index (χ4v) is 16.9. The number of ether oxygens (including phenoxy) is 1. The van der Waals surface area contributed by atoms with Gasteiger partial charge in [-0.05, 0) is 146 Å². The highest BCUT2D eigenvalue weighted by Gasteiger charge is 2.39. The van der Waals surface area contributed by atoms with E-state index < -0.39 is 0 Å². The standard InChI is InChI=1S/C69H75N13OS3/c1-44-36-76-82(40-44)58-9-4-6-48(30-58)32-60-38-74-68(85-60)80-26-22-64-54(42-80)14-17-65(83-64)62(71)18-23-72-56-8-5-7-50(34-56)46(3)66-39-75-69(86-66)78-24-19-51-33-52(12-13-53(51)41-78)63-21-27-81(77-63)57-15-10-47(11-16-57)31-59-37-73-67(84-59)79-25-20-61-45(2)28-49(35-70)29-55(61)43-79/h5,7-13,15-16,18,21,23,27,29-30,33-34,36-39,44-46,54,64-65,68,74H,4,6,14,17,19-20,22,24-26,28,31-32,40-43,71H2,1-3H3. The van der Waals surface area contributed by atoms with E-state index in [2.05, 4.69) is 173 Å². The normalized spacial score (nSPS) is 24.6. The lowest BCUT2D eigenvalue weighted by atomic mass is 9.81. The molecule has 6 aliphatic heterocycles. The summed E-state index contributed by atoms with van der Waals surface area (Å²) in [6, 6.07) is 28.6. The average Bonchev–Trinajstić information content (AvgIpc) is 4.45. The molecular weight excluding hydrogens is 1120 g/mol. The predicted molar refractivity (Wildman–Crippen MR) is 351 cm³/mol. The average molecular weight is 1200 g/mol. The van der Waals surface area contributed by atoms with Crippen LogP contribution in [0, 0.1) is 29.1 Å². The minimum absolute atomic E-state index is 0.0839. The molecule has 2 fully saturated rings. The Kier molecular flexibility index (Phi) is 16.3. The molecule has 7 unspecified atom stereocenters. The Balaban J connectivity index is 0.532. The number of likely N-dealkylation sites (tertiary alicyclic amines) is 1. The van der Waals surface area contributed by atoms with Crippen molar-refractivity contribution in [2.45, 2.75) is 115 Å². The number of hydrazone groups is 1. The summed E-state index contributed by atoms with van der Waals surface area (Å²) >= 11 is 5.54. The number of allylic oxidation sites excluding steroid dienone is 6. The number of benzene rings is 3. The van der Waals surface area contributed by atoms with Crippen LogP contribution in [0.3, 0.4) is 0 Å². The number of rotatable bonds is 15. The van der Waals surface area contributed by atoms with Crippen molar-refractivity contribution in [1.29, 1.82) is 5.26 Å². The van der Waals surface area contributed by atoms with Crippen LogP contribution in [-0.4, -0.2) is 99.1 Å². The highest BCUT2D eigenvalue weighted by atomic mass is 32.2. The zero-order valence-electron chi connectivity index (χ0n) is 49.4. The summed E-state index contributed by atoms with van der Waals surface area (Å²) in [5, 5.41) is 27.2. The second-order valence-electron chi connectivity index (χ2n) is 24.7. The fourth-order valence-electron chi connectivity index (χ4n) is 13.7. The number of nitrogens with two attached hydrogens (primary N) is 1. The van der Waals surface area contributed by atoms with Crippen LogP contribution in [0.4, 0.5) is 16.0 Å². The molecule has 2 aliphatic carbocycles. The molecule has 2 saturated heterocycles. The number of nitrogens with zero attached hydrogens (tertiary/aromatic N) is 11. The number of hydrogen-bond donors (Lipinski definition) is 2. The minimum Gasteiger partial charge on any atom is -0.400 e. The molecule has 9 heterocycles. The summed E-state index contributed by atoms with van der Waals surface area (Å²) in [5.41, 5.74) is 23.4. The highest BCUT2D eigenvalue weighted by Crippen LogP contribution is 2.42. The van der Waals surface area contributed by atoms with Crippen LogP contribution in [-0.2, 0) is 24.1 Å². The molecule has 86 heavy (non-hydrogen) atoms. The third-order valence-electron chi connectivity index (χ3n) is 18.6. The molecule has 440 valence electrons. The van der Waals surface area contributed by atoms with Crippen molar-refractivity contribution in [3.05, 3.63) is 192 Å². The van der Waals surface area contributed by atoms with Gasteiger partial charge in [-0.25, -0.2) is 14.6 Å². The first kappa shape index (κ1) is 56.5. The Labute approximate surface area is 518 Å². The van der Waals surface area contributed by atoms with Crippen molar-refractivity contribution in [2.75, 3.05) is 49.1 Å². The summed E-state index contributed by atoms with van der Waals surface area (Å²) in [6.45, 7) is 13.3. The Bertz CT molecular complexity index is 3810. The lowest BCUT2D eigenvalue weighted by Gasteiger charge is -2.45. The monoisotopic (exact) mass is 1200 g/mol. The molecule has 0 amide bonds. The molecular formula is C69H75N13OS3. The third-order valence-corrected chi connectivity index (χ3v) is 22.1. The van der Waals surface area contributed by atoms with Gasteiger partial charge in [0.05, 0.1) is 41.0 Å². The van der Waals surface area contributed by atoms with Gasteiger partial charge >= 0.3 is 0 Å². The van der Waals surface area contributed by atoms with E-state index in [4.69, 9.17) is 30.5 Å². The van der Waals surface area contributed by atoms with E-state index >= 15 is 0 Å². The first-order valence-electron chi connectivity index (χ1n) is 30.9. The summed E-state index contributed by atoms with van der Waals surface area (Å²) in [7, 11) is 0. The van der Waals surface area contributed by atoms with E-state index in [1.54, 1.807) is 22.7 Å². The van der Waals surface area contributed by atoms with Gasteiger partial charge < -0.3 is 25.6 Å².